The van der Waals surface area contributed by atoms with E-state index in [4.69, 9.17) is 0 Å². The molecule has 1 amide bonds. The van der Waals surface area contributed by atoms with E-state index < -0.39 is 12.0 Å². The molecule has 5 heteroatoms. The Morgan fingerprint density at radius 1 is 1.40 bits per heavy atom. The highest BCUT2D eigenvalue weighted by Gasteiger charge is 2.35. The van der Waals surface area contributed by atoms with Crippen molar-refractivity contribution in [3.8, 4) is 0 Å². The summed E-state index contributed by atoms with van der Waals surface area (Å²) in [7, 11) is 0. The maximum Gasteiger partial charge on any atom is 0.326 e. The lowest BCUT2D eigenvalue weighted by molar-refractivity contribution is -0.144. The number of nitrogens with zero attached hydrogens (tertiary/aromatic N) is 1. The highest BCUT2D eigenvalue weighted by atomic mass is 127. The molecule has 0 radical (unpaired) electrons. The van der Waals surface area contributed by atoms with Gasteiger partial charge in [-0.1, -0.05) is 13.0 Å². The Kier molecular flexibility index (Phi) is 4.67. The van der Waals surface area contributed by atoms with Gasteiger partial charge in [0.15, 0.2) is 0 Å². The molecule has 1 N–H and O–H groups in total. The molecular weight excluding hydrogens is 369 g/mol. The van der Waals surface area contributed by atoms with Crippen LogP contribution < -0.4 is 0 Å². The summed E-state index contributed by atoms with van der Waals surface area (Å²) < 4.78 is 1.02. The van der Waals surface area contributed by atoms with E-state index in [9.17, 15) is 14.7 Å². The number of amides is 1. The molecule has 1 saturated heterocycles. The van der Waals surface area contributed by atoms with E-state index in [1.54, 1.807) is 6.07 Å². The molecule has 1 aromatic rings. The van der Waals surface area contributed by atoms with Gasteiger partial charge in [0.1, 0.15) is 6.04 Å². The molecule has 1 aromatic carbocycles. The van der Waals surface area contributed by atoms with Crippen molar-refractivity contribution in [2.45, 2.75) is 32.7 Å². The minimum absolute atomic E-state index is 0.166. The van der Waals surface area contributed by atoms with Crippen LogP contribution in [0.4, 0.5) is 0 Å². The van der Waals surface area contributed by atoms with Gasteiger partial charge in [-0.25, -0.2) is 4.79 Å². The summed E-state index contributed by atoms with van der Waals surface area (Å²) in [5, 5.41) is 9.35. The van der Waals surface area contributed by atoms with Gasteiger partial charge in [-0.05, 0) is 66.0 Å². The van der Waals surface area contributed by atoms with Crippen LogP contribution in [0.15, 0.2) is 18.2 Å². The van der Waals surface area contributed by atoms with Crippen LogP contribution in [0.2, 0.25) is 0 Å². The predicted molar refractivity (Wildman–Crippen MR) is 84.8 cm³/mol. The smallest absolute Gasteiger partial charge is 0.326 e. The summed E-state index contributed by atoms with van der Waals surface area (Å²) in [6.07, 6.45) is 1.39. The summed E-state index contributed by atoms with van der Waals surface area (Å²) in [4.78, 5) is 25.6. The largest absolute Gasteiger partial charge is 0.480 e. The third-order valence-electron chi connectivity index (χ3n) is 3.91. The Hall–Kier alpha value is -1.11. The predicted octanol–water partition coefficient (Wildman–Crippen LogP) is 2.92. The normalized spacial score (nSPS) is 22.6. The molecule has 1 heterocycles. The monoisotopic (exact) mass is 387 g/mol. The number of hydrogen-bond donors (Lipinski definition) is 1. The molecule has 2 unspecified atom stereocenters. The number of piperidine rings is 1. The summed E-state index contributed by atoms with van der Waals surface area (Å²) in [6.45, 7) is 4.45. The molecule has 0 bridgehead atoms. The number of carbonyl (C=O) groups is 2. The number of carboxylic acid groups (broad SMARTS) is 1. The van der Waals surface area contributed by atoms with Crippen LogP contribution in [0.1, 0.15) is 35.7 Å². The fourth-order valence-corrected chi connectivity index (χ4v) is 3.11. The van der Waals surface area contributed by atoms with Crippen LogP contribution in [-0.4, -0.2) is 34.5 Å². The fraction of sp³-hybridized carbons (Fsp3) is 0.467. The van der Waals surface area contributed by atoms with Crippen LogP contribution in [0.5, 0.6) is 0 Å². The average molecular weight is 387 g/mol. The number of likely N-dealkylation sites (tertiary alicyclic amines) is 1. The number of benzene rings is 1. The molecular formula is C15H18INO3. The minimum Gasteiger partial charge on any atom is -0.480 e. The molecule has 1 fully saturated rings. The van der Waals surface area contributed by atoms with Gasteiger partial charge in [-0.2, -0.15) is 0 Å². The zero-order chi connectivity index (χ0) is 14.9. The van der Waals surface area contributed by atoms with E-state index in [2.05, 4.69) is 22.6 Å². The van der Waals surface area contributed by atoms with Crippen LogP contribution in [0, 0.1) is 16.4 Å². The number of rotatable bonds is 2. The van der Waals surface area contributed by atoms with Gasteiger partial charge in [-0.15, -0.1) is 0 Å². The Balaban J connectivity index is 2.31. The maximum absolute atomic E-state index is 12.7. The highest BCUT2D eigenvalue weighted by Crippen LogP contribution is 2.26. The second kappa shape index (κ2) is 6.11. The molecule has 1 aliphatic rings. The average Bonchev–Trinajstić information content (AvgIpc) is 2.41. The van der Waals surface area contributed by atoms with Crippen molar-refractivity contribution in [1.29, 1.82) is 0 Å². The van der Waals surface area contributed by atoms with E-state index in [1.807, 2.05) is 26.0 Å². The van der Waals surface area contributed by atoms with Gasteiger partial charge in [0.25, 0.3) is 5.91 Å². The summed E-state index contributed by atoms with van der Waals surface area (Å²) in [6, 6.07) is 4.85. The van der Waals surface area contributed by atoms with Crippen LogP contribution in [0.3, 0.4) is 0 Å². The molecule has 4 nitrogen and oxygen atoms in total. The number of carboxylic acids is 1. The standard InChI is InChI=1S/C15H18INO3/c1-9-6-7-17(13(8-9)15(19)20)14(18)11-4-3-5-12(16)10(11)2/h3-5,9,13H,6-8H2,1-2H3,(H,19,20). The second-order valence-electron chi connectivity index (χ2n) is 5.39. The molecule has 2 atom stereocenters. The fourth-order valence-electron chi connectivity index (χ4n) is 2.61. The Morgan fingerprint density at radius 2 is 2.10 bits per heavy atom. The molecule has 20 heavy (non-hydrogen) atoms. The Morgan fingerprint density at radius 3 is 2.75 bits per heavy atom. The second-order valence-corrected chi connectivity index (χ2v) is 6.56. The summed E-state index contributed by atoms with van der Waals surface area (Å²) >= 11 is 2.19. The lowest BCUT2D eigenvalue weighted by Gasteiger charge is -2.36. The number of halogens is 1. The van der Waals surface area contributed by atoms with E-state index in [-0.39, 0.29) is 5.91 Å². The van der Waals surface area contributed by atoms with Crippen molar-refractivity contribution in [1.82, 2.24) is 4.90 Å². The van der Waals surface area contributed by atoms with Crippen molar-refractivity contribution in [3.63, 3.8) is 0 Å². The lowest BCUT2D eigenvalue weighted by atomic mass is 9.91. The van der Waals surface area contributed by atoms with Crippen molar-refractivity contribution in [2.75, 3.05) is 6.54 Å². The number of carbonyl (C=O) groups excluding carboxylic acids is 1. The van der Waals surface area contributed by atoms with Crippen molar-refractivity contribution in [3.05, 3.63) is 32.9 Å². The topological polar surface area (TPSA) is 57.6 Å². The third-order valence-corrected chi connectivity index (χ3v) is 5.08. The van der Waals surface area contributed by atoms with E-state index in [1.165, 1.54) is 4.90 Å². The third kappa shape index (κ3) is 2.97. The van der Waals surface area contributed by atoms with Crippen LogP contribution in [0.25, 0.3) is 0 Å². The van der Waals surface area contributed by atoms with Gasteiger partial charge < -0.3 is 10.0 Å². The van der Waals surface area contributed by atoms with Gasteiger partial charge >= 0.3 is 5.97 Å². The van der Waals surface area contributed by atoms with Crippen molar-refractivity contribution < 1.29 is 14.7 Å². The van der Waals surface area contributed by atoms with E-state index in [0.29, 0.717) is 24.4 Å². The first-order valence-corrected chi connectivity index (χ1v) is 7.78. The first-order valence-electron chi connectivity index (χ1n) is 6.70. The van der Waals surface area contributed by atoms with Crippen LogP contribution in [-0.2, 0) is 4.79 Å². The molecule has 0 aliphatic carbocycles. The Labute approximate surface area is 132 Å². The number of hydrogen-bond acceptors (Lipinski definition) is 2. The van der Waals surface area contributed by atoms with E-state index in [0.717, 1.165) is 15.6 Å². The Bertz CT molecular complexity index is 544. The summed E-state index contributed by atoms with van der Waals surface area (Å²) in [5.41, 5.74) is 1.53. The molecule has 2 rings (SSSR count). The quantitative estimate of drug-likeness (QED) is 0.794. The van der Waals surface area contributed by atoms with Crippen LogP contribution >= 0.6 is 22.6 Å². The first kappa shape index (κ1) is 15.3. The highest BCUT2D eigenvalue weighted by molar-refractivity contribution is 14.1. The zero-order valence-electron chi connectivity index (χ0n) is 11.6. The SMILES string of the molecule is Cc1c(I)cccc1C(=O)N1CCC(C)CC1C(=O)O. The van der Waals surface area contributed by atoms with Gasteiger partial charge in [0.05, 0.1) is 0 Å². The first-order chi connectivity index (χ1) is 9.41. The molecule has 0 aromatic heterocycles. The lowest BCUT2D eigenvalue weighted by Crippen LogP contribution is -2.49. The molecule has 0 saturated carbocycles. The van der Waals surface area contributed by atoms with Gasteiger partial charge in [-0.3, -0.25) is 4.79 Å². The molecule has 1 aliphatic heterocycles. The molecule has 0 spiro atoms. The van der Waals surface area contributed by atoms with Crippen molar-refractivity contribution >= 4 is 34.5 Å². The maximum atomic E-state index is 12.7. The molecule has 108 valence electrons. The van der Waals surface area contributed by atoms with Gasteiger partial charge in [0, 0.05) is 15.7 Å². The number of aliphatic carboxylic acids is 1. The summed E-state index contributed by atoms with van der Waals surface area (Å²) in [5.74, 6) is -0.731. The van der Waals surface area contributed by atoms with Gasteiger partial charge in [0.2, 0.25) is 0 Å². The zero-order valence-corrected chi connectivity index (χ0v) is 13.8. The van der Waals surface area contributed by atoms with E-state index >= 15 is 0 Å². The van der Waals surface area contributed by atoms with Crippen molar-refractivity contribution in [2.24, 2.45) is 5.92 Å². The minimum atomic E-state index is -0.909.